The largest absolute Gasteiger partial charge is 0.293 e. The average molecular weight is 465 g/mol. The van der Waals surface area contributed by atoms with Gasteiger partial charge in [-0.3, -0.25) is 9.59 Å². The van der Waals surface area contributed by atoms with Crippen molar-refractivity contribution in [2.75, 3.05) is 0 Å². The second-order valence-corrected chi connectivity index (χ2v) is 9.15. The van der Waals surface area contributed by atoms with E-state index < -0.39 is 5.92 Å². The van der Waals surface area contributed by atoms with Crippen molar-refractivity contribution in [3.8, 4) is 22.3 Å². The highest BCUT2D eigenvalue weighted by atomic mass is 16.2. The molecule has 0 saturated heterocycles. The van der Waals surface area contributed by atoms with Gasteiger partial charge in [0.25, 0.3) is 0 Å². The summed E-state index contributed by atoms with van der Waals surface area (Å²) in [6.07, 6.45) is 0. The van der Waals surface area contributed by atoms with Gasteiger partial charge >= 0.3 is 0 Å². The van der Waals surface area contributed by atoms with E-state index in [1.54, 1.807) is 0 Å². The number of carbonyl (C=O) groups excluding carboxylic acids is 2. The zero-order chi connectivity index (χ0) is 24.5. The summed E-state index contributed by atoms with van der Waals surface area (Å²) in [6.45, 7) is 0. The molecular formula is C34H24O2. The van der Waals surface area contributed by atoms with Crippen LogP contribution in [0.5, 0.6) is 0 Å². The second kappa shape index (κ2) is 9.24. The zero-order valence-corrected chi connectivity index (χ0v) is 19.7. The summed E-state index contributed by atoms with van der Waals surface area (Å²) >= 11 is 0. The van der Waals surface area contributed by atoms with Gasteiger partial charge in [0, 0.05) is 17.0 Å². The minimum atomic E-state index is -0.822. The number of rotatable bonds is 5. The molecule has 0 spiro atoms. The molecule has 5 aromatic carbocycles. The summed E-state index contributed by atoms with van der Waals surface area (Å²) in [5, 5.41) is 0. The second-order valence-electron chi connectivity index (χ2n) is 9.15. The molecule has 0 saturated carbocycles. The van der Waals surface area contributed by atoms with Crippen LogP contribution in [0.4, 0.5) is 0 Å². The first-order valence-corrected chi connectivity index (χ1v) is 12.2. The van der Waals surface area contributed by atoms with Gasteiger partial charge in [-0.25, -0.2) is 0 Å². The molecule has 0 radical (unpaired) electrons. The third-order valence-electron chi connectivity index (χ3n) is 7.08. The molecule has 6 rings (SSSR count). The van der Waals surface area contributed by atoms with Crippen molar-refractivity contribution < 1.29 is 9.59 Å². The summed E-state index contributed by atoms with van der Waals surface area (Å²) in [5.41, 5.74) is 6.49. The van der Waals surface area contributed by atoms with Gasteiger partial charge in [-0.2, -0.15) is 0 Å². The third-order valence-corrected chi connectivity index (χ3v) is 7.08. The average Bonchev–Trinajstić information content (AvgIpc) is 3.21. The van der Waals surface area contributed by atoms with E-state index in [-0.39, 0.29) is 17.5 Å². The van der Waals surface area contributed by atoms with Gasteiger partial charge in [0.1, 0.15) is 0 Å². The molecule has 0 bridgehead atoms. The Bertz CT molecular complexity index is 1420. The highest BCUT2D eigenvalue weighted by Gasteiger charge is 2.47. The van der Waals surface area contributed by atoms with Crippen LogP contribution in [0, 0.1) is 5.92 Å². The summed E-state index contributed by atoms with van der Waals surface area (Å²) in [5.74, 6) is -1.40. The predicted octanol–water partition coefficient (Wildman–Crippen LogP) is 7.85. The fourth-order valence-corrected chi connectivity index (χ4v) is 5.46. The number of hydrogen-bond acceptors (Lipinski definition) is 2. The summed E-state index contributed by atoms with van der Waals surface area (Å²) < 4.78 is 0. The first-order valence-electron chi connectivity index (χ1n) is 12.2. The Labute approximate surface area is 210 Å². The number of fused-ring (bicyclic) bond motifs is 1. The number of benzene rings is 5. The molecule has 0 heterocycles. The van der Waals surface area contributed by atoms with E-state index in [9.17, 15) is 9.59 Å². The lowest BCUT2D eigenvalue weighted by molar-refractivity contribution is 0.0825. The van der Waals surface area contributed by atoms with E-state index in [2.05, 4.69) is 0 Å². The molecule has 0 N–H and O–H groups in total. The summed E-state index contributed by atoms with van der Waals surface area (Å²) in [7, 11) is 0. The zero-order valence-electron chi connectivity index (χ0n) is 19.7. The van der Waals surface area contributed by atoms with Gasteiger partial charge in [0.05, 0.1) is 5.92 Å². The maximum Gasteiger partial charge on any atom is 0.176 e. The molecular weight excluding hydrogens is 440 g/mol. The lowest BCUT2D eigenvalue weighted by atomic mass is 9.78. The van der Waals surface area contributed by atoms with Crippen molar-refractivity contribution in [1.29, 1.82) is 0 Å². The molecule has 1 aliphatic rings. The Kier molecular flexibility index (Phi) is 5.63. The van der Waals surface area contributed by atoms with Gasteiger partial charge in [0.15, 0.2) is 11.6 Å². The monoisotopic (exact) mass is 464 g/mol. The van der Waals surface area contributed by atoms with Crippen LogP contribution in [0.2, 0.25) is 0 Å². The van der Waals surface area contributed by atoms with E-state index in [1.807, 2.05) is 133 Å². The lowest BCUT2D eigenvalue weighted by Crippen LogP contribution is -2.25. The topological polar surface area (TPSA) is 34.1 Å². The minimum Gasteiger partial charge on any atom is -0.293 e. The molecule has 172 valence electrons. The molecule has 0 aromatic heterocycles. The highest BCUT2D eigenvalue weighted by molar-refractivity contribution is 6.31. The van der Waals surface area contributed by atoms with Crippen LogP contribution in [0.15, 0.2) is 133 Å². The Morgan fingerprint density at radius 3 is 1.11 bits per heavy atom. The summed E-state index contributed by atoms with van der Waals surface area (Å²) in [6, 6.07) is 43.5. The van der Waals surface area contributed by atoms with Crippen LogP contribution in [0.1, 0.15) is 37.8 Å². The van der Waals surface area contributed by atoms with Gasteiger partial charge < -0.3 is 0 Å². The molecule has 0 fully saturated rings. The molecule has 36 heavy (non-hydrogen) atoms. The first kappa shape index (κ1) is 21.9. The van der Waals surface area contributed by atoms with Crippen molar-refractivity contribution in [1.82, 2.24) is 0 Å². The molecule has 5 aromatic rings. The van der Waals surface area contributed by atoms with Crippen LogP contribution in [-0.4, -0.2) is 11.6 Å². The van der Waals surface area contributed by atoms with Crippen molar-refractivity contribution >= 4 is 11.6 Å². The Hall–Kier alpha value is -4.56. The van der Waals surface area contributed by atoms with Crippen LogP contribution in [-0.2, 0) is 0 Å². The van der Waals surface area contributed by atoms with Crippen molar-refractivity contribution in [2.24, 2.45) is 5.92 Å². The standard InChI is InChI=1S/C34H24O2/c35-33-30-27(23-13-5-1-6-14-23)21-22-28(24-15-7-2-8-16-24)31(30)34(36)32(33)29(25-17-9-3-10-18-25)26-19-11-4-12-20-26/h1-22,29,32H. The maximum atomic E-state index is 14.4. The maximum absolute atomic E-state index is 14.4. The van der Waals surface area contributed by atoms with Gasteiger partial charge in [-0.1, -0.05) is 133 Å². The van der Waals surface area contributed by atoms with Crippen molar-refractivity contribution in [2.45, 2.75) is 5.92 Å². The fraction of sp³-hybridized carbons (Fsp3) is 0.0588. The fourth-order valence-electron chi connectivity index (χ4n) is 5.46. The SMILES string of the molecule is O=C1c2c(-c3ccccc3)ccc(-c3ccccc3)c2C(=O)C1C(c1ccccc1)c1ccccc1. The smallest absolute Gasteiger partial charge is 0.176 e. The van der Waals surface area contributed by atoms with Gasteiger partial charge in [-0.05, 0) is 33.4 Å². The Morgan fingerprint density at radius 2 is 0.750 bits per heavy atom. The van der Waals surface area contributed by atoms with Crippen molar-refractivity contribution in [3.05, 3.63) is 156 Å². The van der Waals surface area contributed by atoms with Gasteiger partial charge in [-0.15, -0.1) is 0 Å². The quantitative estimate of drug-likeness (QED) is 0.248. The van der Waals surface area contributed by atoms with Crippen LogP contribution >= 0.6 is 0 Å². The van der Waals surface area contributed by atoms with E-state index in [0.29, 0.717) is 11.1 Å². The Balaban J connectivity index is 1.60. The first-order chi connectivity index (χ1) is 17.7. The van der Waals surface area contributed by atoms with E-state index >= 15 is 0 Å². The highest BCUT2D eigenvalue weighted by Crippen LogP contribution is 2.46. The number of carbonyl (C=O) groups is 2. The Morgan fingerprint density at radius 1 is 0.417 bits per heavy atom. The van der Waals surface area contributed by atoms with E-state index in [4.69, 9.17) is 0 Å². The molecule has 0 aliphatic heterocycles. The third kappa shape index (κ3) is 3.68. The molecule has 0 atom stereocenters. The number of Topliss-reactive ketones (excluding diaryl/α,β-unsaturated/α-hetero) is 2. The molecule has 0 unspecified atom stereocenters. The molecule has 2 heteroatoms. The number of ketones is 2. The normalized spacial score (nSPS) is 13.2. The molecule has 1 aliphatic carbocycles. The van der Waals surface area contributed by atoms with Crippen LogP contribution in [0.3, 0.4) is 0 Å². The van der Waals surface area contributed by atoms with E-state index in [0.717, 1.165) is 33.4 Å². The van der Waals surface area contributed by atoms with Crippen LogP contribution in [0.25, 0.3) is 22.3 Å². The number of hydrogen-bond donors (Lipinski definition) is 0. The molecule has 2 nitrogen and oxygen atoms in total. The summed E-state index contributed by atoms with van der Waals surface area (Å²) in [4.78, 5) is 28.7. The predicted molar refractivity (Wildman–Crippen MR) is 144 cm³/mol. The lowest BCUT2D eigenvalue weighted by Gasteiger charge is -2.23. The minimum absolute atomic E-state index is 0.107. The van der Waals surface area contributed by atoms with E-state index in [1.165, 1.54) is 0 Å². The van der Waals surface area contributed by atoms with Crippen LogP contribution < -0.4 is 0 Å². The van der Waals surface area contributed by atoms with Gasteiger partial charge in [0.2, 0.25) is 0 Å². The van der Waals surface area contributed by atoms with Crippen molar-refractivity contribution in [3.63, 3.8) is 0 Å². The molecule has 0 amide bonds.